The molecule has 7 aromatic carbocycles. The first-order valence-corrected chi connectivity index (χ1v) is 16.5. The van der Waals surface area contributed by atoms with Crippen LogP contribution >= 0.6 is 0 Å². The molecular formula is C45H31N3O. The topological polar surface area (TPSA) is 49.9 Å². The Morgan fingerprint density at radius 2 is 0.918 bits per heavy atom. The van der Waals surface area contributed by atoms with E-state index in [4.69, 9.17) is 14.4 Å². The Balaban J connectivity index is 1.13. The Kier molecular flexibility index (Phi) is 7.17. The molecule has 0 amide bonds. The molecule has 8 aromatic rings. The summed E-state index contributed by atoms with van der Waals surface area (Å²) in [4.78, 5) is 10.3. The number of nitrogens with one attached hydrogen (secondary N) is 1. The molecule has 1 atom stereocenters. The molecule has 4 heteroatoms. The molecule has 0 saturated heterocycles. The van der Waals surface area contributed by atoms with Crippen molar-refractivity contribution >= 4 is 33.6 Å². The molecule has 1 aliphatic heterocycles. The lowest BCUT2D eigenvalue weighted by Gasteiger charge is -2.25. The van der Waals surface area contributed by atoms with Crippen molar-refractivity contribution in [3.8, 4) is 33.4 Å². The third kappa shape index (κ3) is 5.49. The van der Waals surface area contributed by atoms with Crippen LogP contribution in [-0.2, 0) is 0 Å². The van der Waals surface area contributed by atoms with E-state index in [2.05, 4.69) is 139 Å². The molecular weight excluding hydrogens is 599 g/mol. The summed E-state index contributed by atoms with van der Waals surface area (Å²) in [6, 6.07) is 61.0. The van der Waals surface area contributed by atoms with E-state index >= 15 is 0 Å². The number of furan rings is 1. The largest absolute Gasteiger partial charge is 0.456 e. The number of rotatable bonds is 6. The highest BCUT2D eigenvalue weighted by Crippen LogP contribution is 2.39. The SMILES string of the molecule is c1ccc(C2=NC(c3cc(-c4ccccc4)cc4oc5ccccc5c34)NC(c3ccc(-c4ccc(-c5ccccc5)cc4)cc3)=N2)cc1. The molecule has 232 valence electrons. The van der Waals surface area contributed by atoms with Crippen molar-refractivity contribution < 1.29 is 4.42 Å². The average Bonchev–Trinajstić information content (AvgIpc) is 3.57. The normalized spacial score (nSPS) is 14.3. The van der Waals surface area contributed by atoms with Gasteiger partial charge in [-0.05, 0) is 51.6 Å². The van der Waals surface area contributed by atoms with Crippen molar-refractivity contribution in [3.63, 3.8) is 0 Å². The summed E-state index contributed by atoms with van der Waals surface area (Å²) < 4.78 is 6.45. The van der Waals surface area contributed by atoms with Gasteiger partial charge in [0.1, 0.15) is 23.2 Å². The summed E-state index contributed by atoms with van der Waals surface area (Å²) in [5.41, 5.74) is 11.6. The Morgan fingerprint density at radius 1 is 0.429 bits per heavy atom. The van der Waals surface area contributed by atoms with Gasteiger partial charge in [-0.1, -0.05) is 158 Å². The van der Waals surface area contributed by atoms with Gasteiger partial charge < -0.3 is 9.73 Å². The highest BCUT2D eigenvalue weighted by Gasteiger charge is 2.25. The number of nitrogens with zero attached hydrogens (tertiary/aromatic N) is 2. The summed E-state index contributed by atoms with van der Waals surface area (Å²) in [7, 11) is 0. The molecule has 1 N–H and O–H groups in total. The molecule has 9 rings (SSSR count). The fourth-order valence-electron chi connectivity index (χ4n) is 6.68. The molecule has 49 heavy (non-hydrogen) atoms. The van der Waals surface area contributed by atoms with Crippen LogP contribution in [-0.4, -0.2) is 11.7 Å². The second-order valence-electron chi connectivity index (χ2n) is 12.2. The zero-order valence-electron chi connectivity index (χ0n) is 26.6. The highest BCUT2D eigenvalue weighted by atomic mass is 16.3. The van der Waals surface area contributed by atoms with Gasteiger partial charge in [-0.2, -0.15) is 0 Å². The van der Waals surface area contributed by atoms with Crippen molar-refractivity contribution in [2.45, 2.75) is 6.17 Å². The molecule has 0 bridgehead atoms. The minimum absolute atomic E-state index is 0.403. The van der Waals surface area contributed by atoms with E-state index in [1.807, 2.05) is 42.5 Å². The first kappa shape index (κ1) is 28.7. The lowest BCUT2D eigenvalue weighted by Crippen LogP contribution is -2.33. The van der Waals surface area contributed by atoms with Gasteiger partial charge in [0.05, 0.1) is 0 Å². The van der Waals surface area contributed by atoms with Gasteiger partial charge in [0.2, 0.25) is 0 Å². The summed E-state index contributed by atoms with van der Waals surface area (Å²) in [5, 5.41) is 5.84. The molecule has 1 aliphatic rings. The maximum atomic E-state index is 6.45. The molecule has 0 fully saturated rings. The van der Waals surface area contributed by atoms with Crippen LogP contribution in [0, 0.1) is 0 Å². The van der Waals surface area contributed by atoms with Gasteiger partial charge >= 0.3 is 0 Å². The Morgan fingerprint density at radius 3 is 1.53 bits per heavy atom. The second-order valence-corrected chi connectivity index (χ2v) is 12.2. The molecule has 0 radical (unpaired) electrons. The lowest BCUT2D eigenvalue weighted by atomic mass is 9.96. The van der Waals surface area contributed by atoms with E-state index < -0.39 is 6.17 Å². The standard InChI is InChI=1S/C45H31N3O/c1-4-12-30(13-5-1)32-20-22-33(23-21-32)34-24-26-36(27-25-34)44-46-43(35-16-8-3-9-17-35)47-45(48-44)39-28-37(31-14-6-2-7-15-31)29-41-42(39)38-18-10-11-19-40(38)49-41/h1-29,45H,(H,46,47,48). The minimum Gasteiger partial charge on any atom is -0.456 e. The van der Waals surface area contributed by atoms with E-state index in [9.17, 15) is 0 Å². The number of benzene rings is 7. The summed E-state index contributed by atoms with van der Waals surface area (Å²) in [6.45, 7) is 0. The van der Waals surface area contributed by atoms with Gasteiger partial charge in [-0.15, -0.1) is 0 Å². The fraction of sp³-hybridized carbons (Fsp3) is 0.0222. The zero-order chi connectivity index (χ0) is 32.6. The lowest BCUT2D eigenvalue weighted by molar-refractivity contribution is 0.662. The molecule has 2 heterocycles. The van der Waals surface area contributed by atoms with Crippen LogP contribution in [0.2, 0.25) is 0 Å². The van der Waals surface area contributed by atoms with Crippen molar-refractivity contribution in [3.05, 3.63) is 193 Å². The monoisotopic (exact) mass is 629 g/mol. The fourth-order valence-corrected chi connectivity index (χ4v) is 6.68. The molecule has 0 saturated carbocycles. The van der Waals surface area contributed by atoms with Crippen LogP contribution in [0.3, 0.4) is 0 Å². The van der Waals surface area contributed by atoms with Gasteiger partial charge in [-0.25, -0.2) is 9.98 Å². The van der Waals surface area contributed by atoms with Crippen molar-refractivity contribution in [2.75, 3.05) is 0 Å². The summed E-state index contributed by atoms with van der Waals surface area (Å²) in [5.74, 6) is 1.46. The van der Waals surface area contributed by atoms with Crippen LogP contribution in [0.15, 0.2) is 190 Å². The number of amidine groups is 2. The zero-order valence-corrected chi connectivity index (χ0v) is 26.6. The smallest absolute Gasteiger partial charge is 0.159 e. The van der Waals surface area contributed by atoms with Crippen LogP contribution in [0.25, 0.3) is 55.3 Å². The Bertz CT molecular complexity index is 2480. The van der Waals surface area contributed by atoms with Gasteiger partial charge in [0.15, 0.2) is 5.84 Å². The average molecular weight is 630 g/mol. The van der Waals surface area contributed by atoms with E-state index in [1.54, 1.807) is 0 Å². The minimum atomic E-state index is -0.403. The Hall–Kier alpha value is -6.52. The van der Waals surface area contributed by atoms with E-state index in [0.717, 1.165) is 61.2 Å². The van der Waals surface area contributed by atoms with Gasteiger partial charge in [0.25, 0.3) is 0 Å². The van der Waals surface area contributed by atoms with Gasteiger partial charge in [0, 0.05) is 27.5 Å². The summed E-state index contributed by atoms with van der Waals surface area (Å²) >= 11 is 0. The van der Waals surface area contributed by atoms with Crippen molar-refractivity contribution in [2.24, 2.45) is 9.98 Å². The van der Waals surface area contributed by atoms with Crippen molar-refractivity contribution in [1.29, 1.82) is 0 Å². The maximum Gasteiger partial charge on any atom is 0.159 e. The van der Waals surface area contributed by atoms with Crippen LogP contribution < -0.4 is 5.32 Å². The van der Waals surface area contributed by atoms with E-state index in [0.29, 0.717) is 5.84 Å². The number of hydrogen-bond acceptors (Lipinski definition) is 4. The van der Waals surface area contributed by atoms with Crippen molar-refractivity contribution in [1.82, 2.24) is 5.32 Å². The van der Waals surface area contributed by atoms with Gasteiger partial charge in [-0.3, -0.25) is 0 Å². The maximum absolute atomic E-state index is 6.45. The van der Waals surface area contributed by atoms with E-state index in [-0.39, 0.29) is 0 Å². The molecule has 1 aromatic heterocycles. The number of aliphatic imine (C=N–C) groups is 2. The Labute approximate surface area is 284 Å². The first-order chi connectivity index (χ1) is 24.3. The molecule has 0 aliphatic carbocycles. The number of para-hydroxylation sites is 1. The predicted octanol–water partition coefficient (Wildman–Crippen LogP) is 11.1. The third-order valence-corrected chi connectivity index (χ3v) is 9.17. The quantitative estimate of drug-likeness (QED) is 0.199. The second kappa shape index (κ2) is 12.3. The molecule has 0 spiro atoms. The summed E-state index contributed by atoms with van der Waals surface area (Å²) in [6.07, 6.45) is -0.403. The molecule has 1 unspecified atom stereocenters. The third-order valence-electron chi connectivity index (χ3n) is 9.17. The number of fused-ring (bicyclic) bond motifs is 3. The highest BCUT2D eigenvalue weighted by molar-refractivity contribution is 6.14. The first-order valence-electron chi connectivity index (χ1n) is 16.5. The van der Waals surface area contributed by atoms with E-state index in [1.165, 1.54) is 16.7 Å². The van der Waals surface area contributed by atoms with Crippen LogP contribution in [0.4, 0.5) is 0 Å². The van der Waals surface area contributed by atoms with Crippen LogP contribution in [0.1, 0.15) is 22.9 Å². The number of hydrogen-bond donors (Lipinski definition) is 1. The molecule has 4 nitrogen and oxygen atoms in total. The predicted molar refractivity (Wildman–Crippen MR) is 202 cm³/mol. The van der Waals surface area contributed by atoms with Crippen LogP contribution in [0.5, 0.6) is 0 Å².